The lowest BCUT2D eigenvalue weighted by Gasteiger charge is -2.37. The molecule has 0 fully saturated rings. The van der Waals surface area contributed by atoms with Gasteiger partial charge in [0, 0.05) is 33.4 Å². The Kier molecular flexibility index (Phi) is 13.4. The lowest BCUT2D eigenvalue weighted by Crippen LogP contribution is -2.26. The van der Waals surface area contributed by atoms with Crippen molar-refractivity contribution in [2.45, 2.75) is 236 Å². The van der Waals surface area contributed by atoms with Crippen LogP contribution in [-0.4, -0.2) is 0 Å². The molecular weight excluding hydrogens is 744 g/mol. The second kappa shape index (κ2) is 15.6. The number of rotatable bonds is 6. The Morgan fingerprint density at radius 1 is 0.271 bits per heavy atom. The molecule has 3 rings (SSSR count). The van der Waals surface area contributed by atoms with Crippen molar-refractivity contribution in [3.8, 4) is 17.2 Å². The number of benzene rings is 3. The average Bonchev–Trinajstić information content (AvgIpc) is 2.96. The van der Waals surface area contributed by atoms with Gasteiger partial charge in [0.25, 0.3) is 0 Å². The monoisotopic (exact) mass is 831 g/mol. The zero-order valence-electron chi connectivity index (χ0n) is 43.0. The van der Waals surface area contributed by atoms with Gasteiger partial charge in [-0.1, -0.05) is 223 Å². The minimum absolute atomic E-state index is 0.134. The fourth-order valence-electron chi connectivity index (χ4n) is 7.21. The van der Waals surface area contributed by atoms with Gasteiger partial charge in [0.05, 0.1) is 0 Å². The van der Waals surface area contributed by atoms with Gasteiger partial charge in [0.15, 0.2) is 0 Å². The Bertz CT molecular complexity index is 1710. The van der Waals surface area contributed by atoms with Crippen LogP contribution in [0.25, 0.3) is 0 Å². The largest absolute Gasteiger partial charge is 0.647 e. The van der Waals surface area contributed by atoms with Crippen molar-refractivity contribution in [2.24, 2.45) is 0 Å². The molecule has 0 spiro atoms. The quantitative estimate of drug-likeness (QED) is 0.232. The predicted octanol–water partition coefficient (Wildman–Crippen LogP) is 17.0. The topological polar surface area (TPSA) is 44.8 Å². The summed E-state index contributed by atoms with van der Waals surface area (Å²) in [6.45, 7) is 59.7. The standard InChI is InChI=1S/C54H87O4P/c1-46(2,3)34-28-37(49(10,11)12)43(38(29-34)50(13,14)15)56-59(55,57-44-39(51(16,17)18)30-35(47(4,5)6)31-40(44)52(19,20)21)58-45-41(53(22,23)24)32-36(48(7,8)9)33-42(45)54(25,26)27/h28-33H,1-27H3. The molecule has 3 aromatic rings. The summed E-state index contributed by atoms with van der Waals surface area (Å²) in [7, 11) is -4.63. The summed E-state index contributed by atoms with van der Waals surface area (Å²) in [5, 5.41) is 0. The summed E-state index contributed by atoms with van der Waals surface area (Å²) in [5.74, 6) is 1.68. The first kappa shape index (κ1) is 50.6. The second-order valence-electron chi connectivity index (χ2n) is 26.7. The normalized spacial score (nSPS) is 14.4. The molecule has 3 aromatic carbocycles. The SMILES string of the molecule is CC(C)(C)c1cc(C(C)(C)C)c(OP(=O)(Oc2c(C(C)(C)C)cc(C(C)(C)C)cc2C(C)(C)C)Oc2c(C(C)(C)C)cc(C(C)(C)C)cc2C(C)(C)C)c(C(C)(C)C)c1. The zero-order valence-corrected chi connectivity index (χ0v) is 43.9. The molecule has 0 saturated heterocycles. The highest BCUT2D eigenvalue weighted by molar-refractivity contribution is 7.49. The number of hydrogen-bond acceptors (Lipinski definition) is 4. The molecular formula is C54H87O4P. The van der Waals surface area contributed by atoms with E-state index in [1.807, 2.05) is 0 Å². The summed E-state index contributed by atoms with van der Waals surface area (Å²) in [5.41, 5.74) is 6.76. The van der Waals surface area contributed by atoms with Gasteiger partial charge in [-0.2, -0.15) is 4.57 Å². The van der Waals surface area contributed by atoms with Gasteiger partial charge < -0.3 is 13.6 Å². The van der Waals surface area contributed by atoms with Crippen LogP contribution in [0.2, 0.25) is 0 Å². The van der Waals surface area contributed by atoms with E-state index in [1.54, 1.807) is 0 Å². The number of hydrogen-bond donors (Lipinski definition) is 0. The first-order valence-corrected chi connectivity index (χ1v) is 23.5. The van der Waals surface area contributed by atoms with Crippen LogP contribution in [0.15, 0.2) is 36.4 Å². The molecule has 0 amide bonds. The van der Waals surface area contributed by atoms with Crippen LogP contribution in [0.3, 0.4) is 0 Å². The van der Waals surface area contributed by atoms with Crippen molar-refractivity contribution in [3.63, 3.8) is 0 Å². The van der Waals surface area contributed by atoms with Crippen molar-refractivity contribution >= 4 is 7.82 Å². The minimum Gasteiger partial charge on any atom is -0.385 e. The fraction of sp³-hybridized carbons (Fsp3) is 0.667. The van der Waals surface area contributed by atoms with Gasteiger partial charge in [-0.3, -0.25) is 0 Å². The van der Waals surface area contributed by atoms with Gasteiger partial charge in [0.2, 0.25) is 0 Å². The highest BCUT2D eigenvalue weighted by Gasteiger charge is 2.44. The van der Waals surface area contributed by atoms with Crippen molar-refractivity contribution in [2.75, 3.05) is 0 Å². The molecule has 59 heavy (non-hydrogen) atoms. The molecule has 0 aromatic heterocycles. The van der Waals surface area contributed by atoms with E-state index in [-0.39, 0.29) is 48.7 Å². The van der Waals surface area contributed by atoms with Crippen LogP contribution in [0.1, 0.15) is 237 Å². The van der Waals surface area contributed by atoms with Gasteiger partial charge in [-0.05, 0) is 65.4 Å². The van der Waals surface area contributed by atoms with E-state index in [1.165, 1.54) is 16.7 Å². The average molecular weight is 831 g/mol. The maximum atomic E-state index is 16.8. The Morgan fingerprint density at radius 2 is 0.407 bits per heavy atom. The number of phosphoric ester groups is 1. The molecule has 0 N–H and O–H groups in total. The first-order chi connectivity index (χ1) is 25.8. The minimum atomic E-state index is -4.63. The molecule has 0 atom stereocenters. The Balaban J connectivity index is 2.74. The first-order valence-electron chi connectivity index (χ1n) is 22.1. The van der Waals surface area contributed by atoms with E-state index in [0.29, 0.717) is 17.2 Å². The van der Waals surface area contributed by atoms with E-state index >= 15 is 4.57 Å². The van der Waals surface area contributed by atoms with Crippen molar-refractivity contribution in [1.82, 2.24) is 0 Å². The van der Waals surface area contributed by atoms with Crippen molar-refractivity contribution in [1.29, 1.82) is 0 Å². The molecule has 0 radical (unpaired) electrons. The lowest BCUT2D eigenvalue weighted by molar-refractivity contribution is 0.282. The van der Waals surface area contributed by atoms with Crippen LogP contribution in [-0.2, 0) is 53.3 Å². The summed E-state index contributed by atoms with van der Waals surface area (Å²) in [4.78, 5) is 0. The third kappa shape index (κ3) is 12.0. The van der Waals surface area contributed by atoms with Crippen LogP contribution in [0, 0.1) is 0 Å². The Morgan fingerprint density at radius 3 is 0.508 bits per heavy atom. The molecule has 4 nitrogen and oxygen atoms in total. The maximum Gasteiger partial charge on any atom is 0.647 e. The van der Waals surface area contributed by atoms with Gasteiger partial charge in [-0.25, -0.2) is 0 Å². The lowest BCUT2D eigenvalue weighted by atomic mass is 9.75. The Labute approximate surface area is 364 Å². The van der Waals surface area contributed by atoms with E-state index in [0.717, 1.165) is 33.4 Å². The van der Waals surface area contributed by atoms with E-state index in [4.69, 9.17) is 13.6 Å². The van der Waals surface area contributed by atoms with Crippen LogP contribution >= 0.6 is 7.82 Å². The summed E-state index contributed by atoms with van der Waals surface area (Å²) in [6, 6.07) is 13.5. The van der Waals surface area contributed by atoms with Gasteiger partial charge in [-0.15, -0.1) is 0 Å². The second-order valence-corrected chi connectivity index (χ2v) is 28.1. The molecule has 0 bridgehead atoms. The van der Waals surface area contributed by atoms with Crippen molar-refractivity contribution < 1.29 is 18.1 Å². The van der Waals surface area contributed by atoms with Gasteiger partial charge >= 0.3 is 7.82 Å². The summed E-state index contributed by atoms with van der Waals surface area (Å²) >= 11 is 0. The summed E-state index contributed by atoms with van der Waals surface area (Å²) < 4.78 is 38.6. The van der Waals surface area contributed by atoms with Gasteiger partial charge in [0.1, 0.15) is 17.2 Å². The molecule has 0 unspecified atom stereocenters. The Hall–Kier alpha value is -2.71. The van der Waals surface area contributed by atoms with Crippen LogP contribution in [0.4, 0.5) is 0 Å². The zero-order chi connectivity index (χ0) is 46.3. The fourth-order valence-corrected chi connectivity index (χ4v) is 8.59. The van der Waals surface area contributed by atoms with Crippen LogP contribution in [0.5, 0.6) is 17.2 Å². The van der Waals surface area contributed by atoms with E-state index in [2.05, 4.69) is 223 Å². The third-order valence-electron chi connectivity index (χ3n) is 11.3. The molecule has 0 aliphatic heterocycles. The van der Waals surface area contributed by atoms with E-state index < -0.39 is 7.82 Å². The van der Waals surface area contributed by atoms with E-state index in [9.17, 15) is 0 Å². The molecule has 0 heterocycles. The molecule has 332 valence electrons. The van der Waals surface area contributed by atoms with Crippen molar-refractivity contribution in [3.05, 3.63) is 86.5 Å². The number of phosphoric acid groups is 1. The van der Waals surface area contributed by atoms with Crippen LogP contribution < -0.4 is 13.6 Å². The smallest absolute Gasteiger partial charge is 0.385 e. The molecule has 0 aliphatic carbocycles. The molecule has 0 aliphatic rings. The molecule has 5 heteroatoms. The third-order valence-corrected chi connectivity index (χ3v) is 12.5. The highest BCUT2D eigenvalue weighted by Crippen LogP contribution is 2.59. The molecule has 0 saturated carbocycles. The maximum absolute atomic E-state index is 16.8. The highest BCUT2D eigenvalue weighted by atomic mass is 31.2. The predicted molar refractivity (Wildman–Crippen MR) is 257 cm³/mol. The summed E-state index contributed by atoms with van der Waals surface area (Å²) in [6.07, 6.45) is 0.